The Labute approximate surface area is 206 Å². The van der Waals surface area contributed by atoms with Crippen LogP contribution in [0.15, 0.2) is 66.7 Å². The summed E-state index contributed by atoms with van der Waals surface area (Å²) in [5.74, 6) is 2.82. The molecule has 1 aliphatic heterocycles. The van der Waals surface area contributed by atoms with Gasteiger partial charge in [0.1, 0.15) is 23.9 Å². The molecule has 0 saturated carbocycles. The minimum Gasteiger partial charge on any atom is -0.494 e. The smallest absolute Gasteiger partial charge is 0.227 e. The minimum absolute atomic E-state index is 0.0154. The first kappa shape index (κ1) is 23.0. The monoisotopic (exact) mass is 469 g/mol. The average Bonchev–Trinajstić information content (AvgIpc) is 3.42. The van der Waals surface area contributed by atoms with Crippen molar-refractivity contribution in [3.8, 4) is 11.5 Å². The van der Waals surface area contributed by atoms with Crippen molar-refractivity contribution in [3.05, 3.63) is 83.7 Å². The summed E-state index contributed by atoms with van der Waals surface area (Å²) in [7, 11) is 0. The van der Waals surface area contributed by atoms with Crippen molar-refractivity contribution in [2.45, 2.75) is 39.7 Å². The fraction of sp³-hybridized carbons (Fsp3) is 0.310. The van der Waals surface area contributed by atoms with Crippen LogP contribution in [0.2, 0.25) is 0 Å². The van der Waals surface area contributed by atoms with Crippen molar-refractivity contribution in [2.24, 2.45) is 0 Å². The van der Waals surface area contributed by atoms with E-state index in [0.29, 0.717) is 32.7 Å². The third-order valence-electron chi connectivity index (χ3n) is 6.60. The van der Waals surface area contributed by atoms with E-state index in [2.05, 4.69) is 36.6 Å². The first-order valence-corrected chi connectivity index (χ1v) is 12.2. The van der Waals surface area contributed by atoms with Crippen molar-refractivity contribution in [2.75, 3.05) is 24.7 Å². The fourth-order valence-corrected chi connectivity index (χ4v) is 4.93. The number of benzene rings is 3. The Hall–Kier alpha value is -3.80. The zero-order valence-corrected chi connectivity index (χ0v) is 20.5. The van der Waals surface area contributed by atoms with Gasteiger partial charge in [0, 0.05) is 24.6 Å². The van der Waals surface area contributed by atoms with Crippen LogP contribution in [-0.2, 0) is 11.3 Å². The average molecular weight is 470 g/mol. The van der Waals surface area contributed by atoms with Crippen molar-refractivity contribution < 1.29 is 14.3 Å². The maximum atomic E-state index is 13.0. The summed E-state index contributed by atoms with van der Waals surface area (Å²) in [6.07, 6.45) is 0.439. The molecular weight excluding hydrogens is 438 g/mol. The van der Waals surface area contributed by atoms with Gasteiger partial charge in [-0.2, -0.15) is 0 Å². The molecule has 2 heterocycles. The summed E-state index contributed by atoms with van der Waals surface area (Å²) >= 11 is 0. The second-order valence-electron chi connectivity index (χ2n) is 9.01. The van der Waals surface area contributed by atoms with Crippen LogP contribution in [0.25, 0.3) is 11.0 Å². The number of para-hydroxylation sites is 3. The Morgan fingerprint density at radius 3 is 2.43 bits per heavy atom. The van der Waals surface area contributed by atoms with Crippen LogP contribution >= 0.6 is 0 Å². The molecule has 0 bridgehead atoms. The first-order chi connectivity index (χ1) is 17.0. The molecule has 0 unspecified atom stereocenters. The number of hydrogen-bond acceptors (Lipinski definition) is 4. The maximum absolute atomic E-state index is 13.0. The Morgan fingerprint density at radius 1 is 0.943 bits per heavy atom. The molecule has 5 rings (SSSR count). The van der Waals surface area contributed by atoms with Crippen LogP contribution in [0.1, 0.15) is 36.2 Å². The Balaban J connectivity index is 1.38. The molecular formula is C29H31N3O3. The van der Waals surface area contributed by atoms with Crippen molar-refractivity contribution in [3.63, 3.8) is 0 Å². The highest BCUT2D eigenvalue weighted by Crippen LogP contribution is 2.34. The molecule has 1 saturated heterocycles. The molecule has 35 heavy (non-hydrogen) atoms. The molecule has 1 atom stereocenters. The van der Waals surface area contributed by atoms with Crippen molar-refractivity contribution >= 4 is 22.6 Å². The number of imidazole rings is 1. The van der Waals surface area contributed by atoms with Gasteiger partial charge in [-0.1, -0.05) is 30.3 Å². The predicted octanol–water partition coefficient (Wildman–Crippen LogP) is 5.65. The molecule has 1 aliphatic rings. The largest absolute Gasteiger partial charge is 0.494 e. The van der Waals surface area contributed by atoms with Gasteiger partial charge >= 0.3 is 0 Å². The van der Waals surface area contributed by atoms with Gasteiger partial charge in [-0.05, 0) is 68.3 Å². The number of carbonyl (C=O) groups is 1. The molecule has 0 N–H and O–H groups in total. The summed E-state index contributed by atoms with van der Waals surface area (Å²) in [5, 5.41) is 0. The van der Waals surface area contributed by atoms with Gasteiger partial charge in [0.15, 0.2) is 0 Å². The quantitative estimate of drug-likeness (QED) is 0.335. The van der Waals surface area contributed by atoms with E-state index in [-0.39, 0.29) is 11.8 Å². The van der Waals surface area contributed by atoms with Gasteiger partial charge in [-0.25, -0.2) is 4.98 Å². The molecule has 180 valence electrons. The standard InChI is InChI=1S/C29H31N3O3/c1-4-34-24-14-12-23(13-15-24)32-19-22(18-27(32)33)29-30-25-10-5-6-11-26(25)31(29)16-17-35-28-20(2)8-7-9-21(28)3/h5-15,22H,4,16-19H2,1-3H3/t22-/m0/s1. The van der Waals surface area contributed by atoms with Gasteiger partial charge < -0.3 is 18.9 Å². The Morgan fingerprint density at radius 2 is 1.69 bits per heavy atom. The van der Waals surface area contributed by atoms with Gasteiger partial charge in [0.2, 0.25) is 5.91 Å². The van der Waals surface area contributed by atoms with Crippen LogP contribution in [0, 0.1) is 13.8 Å². The van der Waals surface area contributed by atoms with E-state index < -0.39 is 0 Å². The number of amides is 1. The second kappa shape index (κ2) is 9.82. The third kappa shape index (κ3) is 4.61. The number of aromatic nitrogens is 2. The number of ether oxygens (including phenoxy) is 2. The summed E-state index contributed by atoms with van der Waals surface area (Å²) in [4.78, 5) is 19.8. The van der Waals surface area contributed by atoms with E-state index in [4.69, 9.17) is 14.5 Å². The first-order valence-electron chi connectivity index (χ1n) is 12.2. The number of anilines is 1. The molecule has 6 heteroatoms. The highest BCUT2D eigenvalue weighted by Gasteiger charge is 2.34. The van der Waals surface area contributed by atoms with E-state index in [1.54, 1.807) is 0 Å². The van der Waals surface area contributed by atoms with Gasteiger partial charge in [-0.15, -0.1) is 0 Å². The van der Waals surface area contributed by atoms with Crippen LogP contribution in [-0.4, -0.2) is 35.2 Å². The lowest BCUT2D eigenvalue weighted by molar-refractivity contribution is -0.117. The summed E-state index contributed by atoms with van der Waals surface area (Å²) < 4.78 is 14.0. The predicted molar refractivity (Wildman–Crippen MR) is 138 cm³/mol. The highest BCUT2D eigenvalue weighted by molar-refractivity contribution is 5.96. The van der Waals surface area contributed by atoms with E-state index in [9.17, 15) is 4.79 Å². The molecule has 0 aliphatic carbocycles. The van der Waals surface area contributed by atoms with Crippen LogP contribution in [0.3, 0.4) is 0 Å². The highest BCUT2D eigenvalue weighted by atomic mass is 16.5. The molecule has 1 aromatic heterocycles. The molecule has 0 radical (unpaired) electrons. The number of carbonyl (C=O) groups excluding carboxylic acids is 1. The van der Waals surface area contributed by atoms with Crippen molar-refractivity contribution in [1.82, 2.24) is 9.55 Å². The summed E-state index contributed by atoms with van der Waals surface area (Å²) in [5.41, 5.74) is 5.17. The Kier molecular flexibility index (Phi) is 6.45. The lowest BCUT2D eigenvalue weighted by atomic mass is 10.1. The molecule has 4 aromatic rings. The molecule has 1 fully saturated rings. The van der Waals surface area contributed by atoms with Gasteiger partial charge in [0.05, 0.1) is 24.2 Å². The lowest BCUT2D eigenvalue weighted by Crippen LogP contribution is -2.24. The zero-order valence-electron chi connectivity index (χ0n) is 20.5. The molecule has 1 amide bonds. The van der Waals surface area contributed by atoms with E-state index >= 15 is 0 Å². The Bertz CT molecular complexity index is 1320. The SMILES string of the molecule is CCOc1ccc(N2C[C@@H](c3nc4ccccc4n3CCOc3c(C)cccc3C)CC2=O)cc1. The molecule has 0 spiro atoms. The number of hydrogen-bond donors (Lipinski definition) is 0. The zero-order chi connectivity index (χ0) is 24.4. The van der Waals surface area contributed by atoms with Crippen LogP contribution < -0.4 is 14.4 Å². The molecule has 6 nitrogen and oxygen atoms in total. The molecule has 3 aromatic carbocycles. The number of aryl methyl sites for hydroxylation is 2. The number of nitrogens with zero attached hydrogens (tertiary/aromatic N) is 3. The van der Waals surface area contributed by atoms with Crippen molar-refractivity contribution in [1.29, 1.82) is 0 Å². The fourth-order valence-electron chi connectivity index (χ4n) is 4.93. The van der Waals surface area contributed by atoms with E-state index in [0.717, 1.165) is 45.2 Å². The van der Waals surface area contributed by atoms with Gasteiger partial charge in [0.25, 0.3) is 0 Å². The van der Waals surface area contributed by atoms with E-state index in [1.807, 2.05) is 60.4 Å². The second-order valence-corrected chi connectivity index (χ2v) is 9.01. The summed E-state index contributed by atoms with van der Waals surface area (Å²) in [6.45, 7) is 8.52. The normalized spacial score (nSPS) is 15.7. The van der Waals surface area contributed by atoms with Crippen LogP contribution in [0.4, 0.5) is 5.69 Å². The number of fused-ring (bicyclic) bond motifs is 1. The maximum Gasteiger partial charge on any atom is 0.227 e. The van der Waals surface area contributed by atoms with Gasteiger partial charge in [-0.3, -0.25) is 4.79 Å². The van der Waals surface area contributed by atoms with Crippen LogP contribution in [0.5, 0.6) is 11.5 Å². The third-order valence-corrected chi connectivity index (χ3v) is 6.60. The number of rotatable bonds is 8. The van der Waals surface area contributed by atoms with E-state index in [1.165, 1.54) is 0 Å². The topological polar surface area (TPSA) is 56.6 Å². The lowest BCUT2D eigenvalue weighted by Gasteiger charge is -2.18. The summed E-state index contributed by atoms with van der Waals surface area (Å²) in [6, 6.07) is 22.1. The minimum atomic E-state index is 0.0154.